The molecule has 17 nitrogen and oxygen atoms in total. The van der Waals surface area contributed by atoms with Crippen LogP contribution in [0.15, 0.2) is 131 Å². The molecule has 0 spiro atoms. The van der Waals surface area contributed by atoms with E-state index in [2.05, 4.69) is 46.5 Å². The van der Waals surface area contributed by atoms with Gasteiger partial charge in [-0.15, -0.1) is 10.2 Å². The third kappa shape index (κ3) is 11.2. The Hall–Kier alpha value is -8.78. The van der Waals surface area contributed by atoms with Crippen molar-refractivity contribution in [3.63, 3.8) is 0 Å². The molecule has 2 aliphatic carbocycles. The molecule has 0 radical (unpaired) electrons. The number of amides is 2. The van der Waals surface area contributed by atoms with E-state index in [1.807, 2.05) is 72.8 Å². The SMILES string of the molecule is CC(=O)[C@H](Cc1ccc(-c2nn[nH]n2)cc1)NC(=O)c1ccc2c(c1)nc(-c1ccoc1)n2C1CCCCC1.CC(=O)[C@H](Cc1ccc(C#N)cc1)NC(=O)c1ccc2c(c1)nc(-c1ccoc1)n2C1CCCCC1. The molecule has 0 bridgehead atoms. The Morgan fingerprint density at radius 2 is 1.09 bits per heavy atom. The minimum atomic E-state index is -0.664. The summed E-state index contributed by atoms with van der Waals surface area (Å²) in [5.74, 6) is 1.34. The van der Waals surface area contributed by atoms with E-state index < -0.39 is 12.1 Å². The molecule has 2 fully saturated rings. The maximum Gasteiger partial charge on any atom is 0.251 e. The zero-order valence-corrected chi connectivity index (χ0v) is 41.9. The fourth-order valence-corrected chi connectivity index (χ4v) is 10.4. The maximum atomic E-state index is 13.3. The van der Waals surface area contributed by atoms with E-state index in [1.54, 1.807) is 49.3 Å². The fourth-order valence-electron chi connectivity index (χ4n) is 10.4. The molecule has 3 N–H and O–H groups in total. The van der Waals surface area contributed by atoms with Gasteiger partial charge in [-0.25, -0.2) is 9.97 Å². The van der Waals surface area contributed by atoms with Gasteiger partial charge in [-0.1, -0.05) is 74.9 Å². The molecule has 9 aromatic rings. The zero-order chi connectivity index (χ0) is 51.8. The monoisotopic (exact) mass is 1000 g/mol. The standard InChI is InChI=1S/C29H29N7O3.C29H28N4O3/c1-18(37)24(15-19-7-9-20(10-8-19)27-32-34-35-33-27)31-29(38)21-11-12-26-25(16-21)30-28(22-13-14-39-17-22)36(26)23-5-3-2-4-6-23;1-19(34)25(15-20-7-9-21(17-30)10-8-20)32-29(35)22-11-12-27-26(16-22)31-28(23-13-14-36-18-23)33(27)24-5-3-2-4-6-24/h7-14,16-17,23-24H,2-6,15H2,1H3,(H,31,38)(H,32,33,34,35);7-14,16,18,24-25H,2-6,15H2,1H3,(H,32,35)/t24-;25-/m00/s1. The molecule has 0 saturated heterocycles. The van der Waals surface area contributed by atoms with Crippen molar-refractivity contribution in [2.24, 2.45) is 0 Å². The molecule has 75 heavy (non-hydrogen) atoms. The minimum absolute atomic E-state index is 0.115. The smallest absolute Gasteiger partial charge is 0.251 e. The lowest BCUT2D eigenvalue weighted by Crippen LogP contribution is -2.41. The average molecular weight is 1000 g/mol. The summed E-state index contributed by atoms with van der Waals surface area (Å²) in [4.78, 5) is 61.0. The van der Waals surface area contributed by atoms with Gasteiger partial charge in [0.05, 0.1) is 69.4 Å². The molecule has 380 valence electrons. The summed E-state index contributed by atoms with van der Waals surface area (Å²) in [6.07, 6.45) is 19.2. The number of nitriles is 1. The highest BCUT2D eigenvalue weighted by molar-refractivity contribution is 6.01. The van der Waals surface area contributed by atoms with E-state index in [9.17, 15) is 19.2 Å². The van der Waals surface area contributed by atoms with E-state index in [-0.39, 0.29) is 23.4 Å². The summed E-state index contributed by atoms with van der Waals surface area (Å²) in [5.41, 5.74) is 9.41. The van der Waals surface area contributed by atoms with Gasteiger partial charge in [-0.3, -0.25) is 19.2 Å². The second kappa shape index (κ2) is 22.5. The third-order valence-corrected chi connectivity index (χ3v) is 14.5. The first-order valence-electron chi connectivity index (χ1n) is 25.6. The van der Waals surface area contributed by atoms with Crippen molar-refractivity contribution in [1.29, 1.82) is 5.26 Å². The van der Waals surface area contributed by atoms with Gasteiger partial charge < -0.3 is 28.6 Å². The number of hydrogen-bond acceptors (Lipinski definition) is 12. The molecular weight excluding hydrogens is 947 g/mol. The number of benzene rings is 4. The predicted molar refractivity (Wildman–Crippen MR) is 281 cm³/mol. The van der Waals surface area contributed by atoms with Gasteiger partial charge in [0.2, 0.25) is 5.82 Å². The summed E-state index contributed by atoms with van der Waals surface area (Å²) < 4.78 is 15.3. The maximum absolute atomic E-state index is 13.3. The van der Waals surface area contributed by atoms with Crippen LogP contribution in [0.1, 0.15) is 128 Å². The Bertz CT molecular complexity index is 3470. The van der Waals surface area contributed by atoms with Crippen molar-refractivity contribution in [3.8, 4) is 40.2 Å². The molecule has 2 amide bonds. The minimum Gasteiger partial charge on any atom is -0.472 e. The average Bonchev–Trinajstić information content (AvgIpc) is 4.32. The number of rotatable bonds is 15. The summed E-state index contributed by atoms with van der Waals surface area (Å²) in [6.45, 7) is 2.96. The molecule has 5 heterocycles. The second-order valence-corrected chi connectivity index (χ2v) is 19.5. The van der Waals surface area contributed by atoms with Crippen LogP contribution in [0, 0.1) is 11.3 Å². The first kappa shape index (κ1) is 49.8. The lowest BCUT2D eigenvalue weighted by atomic mass is 9.95. The first-order chi connectivity index (χ1) is 36.6. The number of fused-ring (bicyclic) bond motifs is 2. The number of aromatic nitrogens is 8. The van der Waals surface area contributed by atoms with Gasteiger partial charge in [0.25, 0.3) is 11.8 Å². The van der Waals surface area contributed by atoms with Crippen LogP contribution >= 0.6 is 0 Å². The molecule has 2 atom stereocenters. The Morgan fingerprint density at radius 1 is 0.627 bits per heavy atom. The van der Waals surface area contributed by atoms with Gasteiger partial charge >= 0.3 is 0 Å². The van der Waals surface area contributed by atoms with Crippen LogP contribution in [0.3, 0.4) is 0 Å². The van der Waals surface area contributed by atoms with Gasteiger partial charge in [0.1, 0.15) is 24.2 Å². The number of ketones is 2. The molecule has 4 aromatic carbocycles. The Labute approximate surface area is 432 Å². The van der Waals surface area contributed by atoms with E-state index >= 15 is 0 Å². The number of nitrogens with one attached hydrogen (secondary N) is 3. The molecular formula is C58H57N11O6. The number of carbonyl (C=O) groups excluding carboxylic acids is 4. The molecule has 0 aliphatic heterocycles. The first-order valence-corrected chi connectivity index (χ1v) is 25.6. The number of carbonyl (C=O) groups is 4. The van der Waals surface area contributed by atoms with Crippen LogP contribution < -0.4 is 10.6 Å². The highest BCUT2D eigenvalue weighted by atomic mass is 16.3. The van der Waals surface area contributed by atoms with Crippen LogP contribution in [0.25, 0.3) is 56.2 Å². The molecule has 2 saturated carbocycles. The molecule has 17 heteroatoms. The molecule has 5 aromatic heterocycles. The topological polar surface area (TPSA) is 233 Å². The number of tetrazole rings is 1. The summed E-state index contributed by atoms with van der Waals surface area (Å²) >= 11 is 0. The Balaban J connectivity index is 0.000000172. The van der Waals surface area contributed by atoms with Gasteiger partial charge in [0, 0.05) is 28.8 Å². The summed E-state index contributed by atoms with van der Waals surface area (Å²) in [6, 6.07) is 31.0. The quantitative estimate of drug-likeness (QED) is 0.0870. The van der Waals surface area contributed by atoms with Crippen LogP contribution in [-0.2, 0) is 22.4 Å². The van der Waals surface area contributed by atoms with Crippen LogP contribution in [0.4, 0.5) is 0 Å². The van der Waals surface area contributed by atoms with Crippen molar-refractivity contribution in [3.05, 3.63) is 150 Å². The number of Topliss-reactive ketones (excluding diaryl/α,β-unsaturated/α-hetero) is 2. The molecule has 0 unspecified atom stereocenters. The van der Waals surface area contributed by atoms with Gasteiger partial charge in [-0.05, 0) is 129 Å². The van der Waals surface area contributed by atoms with Gasteiger partial charge in [-0.2, -0.15) is 10.5 Å². The number of aromatic amines is 1. The Morgan fingerprint density at radius 3 is 1.49 bits per heavy atom. The van der Waals surface area contributed by atoms with E-state index in [4.69, 9.17) is 24.1 Å². The highest BCUT2D eigenvalue weighted by Crippen LogP contribution is 2.38. The normalized spacial score (nSPS) is 14.9. The van der Waals surface area contributed by atoms with Crippen molar-refractivity contribution in [2.45, 2.75) is 115 Å². The fraction of sp³-hybridized carbons (Fsp3) is 0.310. The second-order valence-electron chi connectivity index (χ2n) is 19.5. The van der Waals surface area contributed by atoms with E-state index in [1.165, 1.54) is 52.4 Å². The van der Waals surface area contributed by atoms with E-state index in [0.717, 1.165) is 87.2 Å². The van der Waals surface area contributed by atoms with Crippen LogP contribution in [-0.4, -0.2) is 75.2 Å². The number of imidazole rings is 2. The zero-order valence-electron chi connectivity index (χ0n) is 41.9. The van der Waals surface area contributed by atoms with Crippen molar-refractivity contribution < 1.29 is 28.0 Å². The molecule has 2 aliphatic rings. The Kier molecular flexibility index (Phi) is 15.0. The molecule has 11 rings (SSSR count). The van der Waals surface area contributed by atoms with Crippen molar-refractivity contribution in [2.75, 3.05) is 0 Å². The van der Waals surface area contributed by atoms with Gasteiger partial charge in [0.15, 0.2) is 11.6 Å². The summed E-state index contributed by atoms with van der Waals surface area (Å²) in [7, 11) is 0. The van der Waals surface area contributed by atoms with E-state index in [0.29, 0.717) is 47.4 Å². The number of hydrogen-bond donors (Lipinski definition) is 3. The predicted octanol–water partition coefficient (Wildman–Crippen LogP) is 10.5. The lowest BCUT2D eigenvalue weighted by Gasteiger charge is -2.25. The van der Waals surface area contributed by atoms with Crippen molar-refractivity contribution in [1.82, 2.24) is 50.4 Å². The third-order valence-electron chi connectivity index (χ3n) is 14.5. The number of furan rings is 2. The number of H-pyrrole nitrogens is 1. The summed E-state index contributed by atoms with van der Waals surface area (Å²) in [5, 5.41) is 28.8. The van der Waals surface area contributed by atoms with Crippen molar-refractivity contribution >= 4 is 45.4 Å². The highest BCUT2D eigenvalue weighted by Gasteiger charge is 2.27. The van der Waals surface area contributed by atoms with Crippen LogP contribution in [0.2, 0.25) is 0 Å². The largest absolute Gasteiger partial charge is 0.472 e. The lowest BCUT2D eigenvalue weighted by molar-refractivity contribution is -0.119. The number of nitrogens with zero attached hydrogens (tertiary/aromatic N) is 8. The van der Waals surface area contributed by atoms with Crippen LogP contribution in [0.5, 0.6) is 0 Å².